The number of rotatable bonds is 6. The van der Waals surface area contributed by atoms with Gasteiger partial charge in [-0.2, -0.15) is 13.2 Å². The first-order chi connectivity index (χ1) is 10.0. The molecule has 0 radical (unpaired) electrons. The summed E-state index contributed by atoms with van der Waals surface area (Å²) in [6, 6.07) is 2.22. The number of hydrogen-bond donors (Lipinski definition) is 2. The third kappa shape index (κ3) is 5.40. The molecule has 0 spiro atoms. The van der Waals surface area contributed by atoms with E-state index >= 15 is 0 Å². The fraction of sp³-hybridized carbons (Fsp3) is 0.308. The molecule has 0 aromatic heterocycles. The fourth-order valence-corrected chi connectivity index (χ4v) is 2.16. The summed E-state index contributed by atoms with van der Waals surface area (Å²) in [4.78, 5) is 12.0. The molecule has 0 heterocycles. The van der Waals surface area contributed by atoms with E-state index in [2.05, 4.69) is 11.9 Å². The Balaban J connectivity index is 3.21. The monoisotopic (exact) mass is 336 g/mol. The van der Waals surface area contributed by atoms with E-state index in [1.165, 1.54) is 6.08 Å². The van der Waals surface area contributed by atoms with Crippen LogP contribution in [-0.4, -0.2) is 27.1 Å². The highest BCUT2D eigenvalue weighted by Crippen LogP contribution is 2.32. The average molecular weight is 336 g/mol. The second-order valence-corrected chi connectivity index (χ2v) is 6.21. The van der Waals surface area contributed by atoms with Crippen LogP contribution in [0.2, 0.25) is 0 Å². The summed E-state index contributed by atoms with van der Waals surface area (Å²) in [7, 11) is -3.73. The van der Waals surface area contributed by atoms with Crippen LogP contribution in [0.25, 0.3) is 0 Å². The number of nitrogens with one attached hydrogen (secondary N) is 2. The number of anilines is 1. The fourth-order valence-electron chi connectivity index (χ4n) is 1.58. The minimum Gasteiger partial charge on any atom is -0.352 e. The summed E-state index contributed by atoms with van der Waals surface area (Å²) in [5.74, 6) is -0.806. The average Bonchev–Trinajstić information content (AvgIpc) is 2.36. The van der Waals surface area contributed by atoms with E-state index in [4.69, 9.17) is 0 Å². The van der Waals surface area contributed by atoms with Crippen molar-refractivity contribution in [3.63, 3.8) is 0 Å². The Kier molecular flexibility index (Phi) is 5.59. The van der Waals surface area contributed by atoms with E-state index in [-0.39, 0.29) is 12.2 Å². The lowest BCUT2D eigenvalue weighted by molar-refractivity contribution is -0.137. The second kappa shape index (κ2) is 6.82. The minimum absolute atomic E-state index is 0.177. The normalized spacial score (nSPS) is 11.8. The summed E-state index contributed by atoms with van der Waals surface area (Å²) >= 11 is 0. The Morgan fingerprint density at radius 1 is 1.36 bits per heavy atom. The number of carbonyl (C=O) groups excluding carboxylic acids is 1. The Bertz CT molecular complexity index is 670. The van der Waals surface area contributed by atoms with Crippen molar-refractivity contribution >= 4 is 21.6 Å². The highest BCUT2D eigenvalue weighted by molar-refractivity contribution is 7.92. The zero-order valence-electron chi connectivity index (χ0n) is 11.7. The highest BCUT2D eigenvalue weighted by atomic mass is 32.2. The topological polar surface area (TPSA) is 75.3 Å². The van der Waals surface area contributed by atoms with Crippen LogP contribution < -0.4 is 10.0 Å². The van der Waals surface area contributed by atoms with Gasteiger partial charge in [0.05, 0.1) is 23.1 Å². The molecule has 2 N–H and O–H groups in total. The summed E-state index contributed by atoms with van der Waals surface area (Å²) in [6.45, 7) is 3.63. The van der Waals surface area contributed by atoms with Crippen molar-refractivity contribution < 1.29 is 26.4 Å². The molecule has 1 aromatic rings. The van der Waals surface area contributed by atoms with E-state index in [1.54, 1.807) is 0 Å². The molecule has 0 unspecified atom stereocenters. The van der Waals surface area contributed by atoms with E-state index in [0.717, 1.165) is 12.3 Å². The zero-order chi connectivity index (χ0) is 17.0. The molecule has 22 heavy (non-hydrogen) atoms. The van der Waals surface area contributed by atoms with Gasteiger partial charge in [-0.3, -0.25) is 9.52 Å². The standard InChI is InChI=1S/C13H15F3N2O3S/c1-3-4-7-17-12(19)10-8-9(13(14,15)16)5-6-11(10)18-22(2,20)21/h3,5-6,8,18H,1,4,7H2,2H3,(H,17,19). The van der Waals surface area contributed by atoms with Crippen LogP contribution >= 0.6 is 0 Å². The number of hydrogen-bond acceptors (Lipinski definition) is 3. The number of alkyl halides is 3. The van der Waals surface area contributed by atoms with Gasteiger partial charge in [0.1, 0.15) is 0 Å². The molecule has 9 heteroatoms. The number of halogens is 3. The molecule has 0 saturated carbocycles. The van der Waals surface area contributed by atoms with Crippen LogP contribution in [0.15, 0.2) is 30.9 Å². The van der Waals surface area contributed by atoms with Gasteiger partial charge in [0.15, 0.2) is 0 Å². The molecular formula is C13H15F3N2O3S. The number of benzene rings is 1. The van der Waals surface area contributed by atoms with Crippen molar-refractivity contribution in [2.24, 2.45) is 0 Å². The van der Waals surface area contributed by atoms with Crippen LogP contribution in [0.5, 0.6) is 0 Å². The maximum atomic E-state index is 12.7. The molecule has 0 fully saturated rings. The highest BCUT2D eigenvalue weighted by Gasteiger charge is 2.32. The van der Waals surface area contributed by atoms with Crippen molar-refractivity contribution in [3.8, 4) is 0 Å². The molecule has 0 atom stereocenters. The maximum absolute atomic E-state index is 12.7. The molecule has 0 aliphatic carbocycles. The Morgan fingerprint density at radius 2 is 2.00 bits per heavy atom. The Labute approximate surface area is 126 Å². The summed E-state index contributed by atoms with van der Waals surface area (Å²) in [6.07, 6.45) is -1.84. The summed E-state index contributed by atoms with van der Waals surface area (Å²) in [5.41, 5.74) is -1.66. The molecule has 122 valence electrons. The van der Waals surface area contributed by atoms with Gasteiger partial charge in [0.2, 0.25) is 10.0 Å². The second-order valence-electron chi connectivity index (χ2n) is 4.47. The first-order valence-electron chi connectivity index (χ1n) is 6.12. The van der Waals surface area contributed by atoms with Crippen LogP contribution in [-0.2, 0) is 16.2 Å². The van der Waals surface area contributed by atoms with Gasteiger partial charge in [0.25, 0.3) is 5.91 Å². The number of carbonyl (C=O) groups is 1. The first kappa shape index (κ1) is 18.0. The van der Waals surface area contributed by atoms with Crippen LogP contribution in [0.1, 0.15) is 22.3 Å². The third-order valence-corrected chi connectivity index (χ3v) is 3.11. The van der Waals surface area contributed by atoms with Gasteiger partial charge in [-0.15, -0.1) is 6.58 Å². The van der Waals surface area contributed by atoms with E-state index in [9.17, 15) is 26.4 Å². The molecule has 0 aliphatic rings. The summed E-state index contributed by atoms with van der Waals surface area (Å²) < 4.78 is 62.7. The van der Waals surface area contributed by atoms with Gasteiger partial charge in [0, 0.05) is 6.54 Å². The maximum Gasteiger partial charge on any atom is 0.416 e. The van der Waals surface area contributed by atoms with Gasteiger partial charge >= 0.3 is 6.18 Å². The third-order valence-electron chi connectivity index (χ3n) is 2.52. The molecule has 1 amide bonds. The molecule has 1 aromatic carbocycles. The Morgan fingerprint density at radius 3 is 2.50 bits per heavy atom. The van der Waals surface area contributed by atoms with E-state index in [1.807, 2.05) is 4.72 Å². The first-order valence-corrected chi connectivity index (χ1v) is 8.02. The molecular weight excluding hydrogens is 321 g/mol. The van der Waals surface area contributed by atoms with Crippen LogP contribution in [0.3, 0.4) is 0 Å². The van der Waals surface area contributed by atoms with Crippen molar-refractivity contribution in [1.82, 2.24) is 5.32 Å². The SMILES string of the molecule is C=CCCNC(=O)c1cc(C(F)(F)F)ccc1NS(C)(=O)=O. The predicted molar refractivity (Wildman–Crippen MR) is 77.1 cm³/mol. The van der Waals surface area contributed by atoms with Gasteiger partial charge in [-0.05, 0) is 24.6 Å². The smallest absolute Gasteiger partial charge is 0.352 e. The van der Waals surface area contributed by atoms with Gasteiger partial charge in [-0.25, -0.2) is 8.42 Å². The molecule has 1 rings (SSSR count). The zero-order valence-corrected chi connectivity index (χ0v) is 12.5. The molecule has 0 bridgehead atoms. The predicted octanol–water partition coefficient (Wildman–Crippen LogP) is 2.38. The van der Waals surface area contributed by atoms with Gasteiger partial charge < -0.3 is 5.32 Å². The lowest BCUT2D eigenvalue weighted by Gasteiger charge is -2.14. The van der Waals surface area contributed by atoms with Crippen molar-refractivity contribution in [1.29, 1.82) is 0 Å². The van der Waals surface area contributed by atoms with Crippen LogP contribution in [0, 0.1) is 0 Å². The lowest BCUT2D eigenvalue weighted by Crippen LogP contribution is -2.26. The Hall–Kier alpha value is -2.03. The summed E-state index contributed by atoms with van der Waals surface area (Å²) in [5, 5.41) is 2.39. The quantitative estimate of drug-likeness (QED) is 0.619. The number of amides is 1. The van der Waals surface area contributed by atoms with Crippen molar-refractivity contribution in [3.05, 3.63) is 42.0 Å². The van der Waals surface area contributed by atoms with E-state index < -0.39 is 33.2 Å². The van der Waals surface area contributed by atoms with Crippen molar-refractivity contribution in [2.75, 3.05) is 17.5 Å². The lowest BCUT2D eigenvalue weighted by atomic mass is 10.1. The molecule has 0 saturated heterocycles. The largest absolute Gasteiger partial charge is 0.416 e. The minimum atomic E-state index is -4.64. The van der Waals surface area contributed by atoms with Crippen LogP contribution in [0.4, 0.5) is 18.9 Å². The molecule has 5 nitrogen and oxygen atoms in total. The molecule has 0 aliphatic heterocycles. The van der Waals surface area contributed by atoms with Crippen molar-refractivity contribution in [2.45, 2.75) is 12.6 Å². The van der Waals surface area contributed by atoms with E-state index in [0.29, 0.717) is 18.6 Å². The number of sulfonamides is 1. The van der Waals surface area contributed by atoms with Gasteiger partial charge in [-0.1, -0.05) is 6.08 Å².